The summed E-state index contributed by atoms with van der Waals surface area (Å²) in [5, 5.41) is 12.9. The molecule has 134 valence electrons. The summed E-state index contributed by atoms with van der Waals surface area (Å²) in [5.41, 5.74) is 1.18. The minimum Gasteiger partial charge on any atom is -0.390 e. The van der Waals surface area contributed by atoms with Crippen LogP contribution in [0.5, 0.6) is 0 Å². The maximum Gasteiger partial charge on any atom is 0.252 e. The van der Waals surface area contributed by atoms with Crippen LogP contribution in [0.15, 0.2) is 24.5 Å². The average molecular weight is 335 g/mol. The summed E-state index contributed by atoms with van der Waals surface area (Å²) in [6.07, 6.45) is 4.41. The van der Waals surface area contributed by atoms with Gasteiger partial charge >= 0.3 is 0 Å². The van der Waals surface area contributed by atoms with Gasteiger partial charge in [0.2, 0.25) is 0 Å². The zero-order valence-corrected chi connectivity index (χ0v) is 14.8. The van der Waals surface area contributed by atoms with E-state index in [4.69, 9.17) is 4.74 Å². The topological polar surface area (TPSA) is 74.7 Å². The molecule has 2 N–H and O–H groups in total. The number of amides is 1. The number of hydrogen-bond donors (Lipinski definition) is 2. The lowest BCUT2D eigenvalue weighted by atomic mass is 9.98. The Bertz CT molecular complexity index is 509. The van der Waals surface area contributed by atoms with Crippen molar-refractivity contribution in [2.45, 2.75) is 64.0 Å². The Morgan fingerprint density at radius 1 is 1.50 bits per heavy atom. The molecule has 0 aromatic carbocycles. The predicted molar refractivity (Wildman–Crippen MR) is 92.4 cm³/mol. The van der Waals surface area contributed by atoms with Crippen LogP contribution in [0.4, 0.5) is 0 Å². The molecule has 1 aliphatic heterocycles. The van der Waals surface area contributed by atoms with Crippen LogP contribution in [0.3, 0.4) is 0 Å². The molecule has 1 amide bonds. The third kappa shape index (κ3) is 5.85. The molecule has 0 saturated carbocycles. The fourth-order valence-electron chi connectivity index (χ4n) is 2.94. The Balaban J connectivity index is 1.79. The predicted octanol–water partition coefficient (Wildman–Crippen LogP) is 1.34. The summed E-state index contributed by atoms with van der Waals surface area (Å²) in [4.78, 5) is 18.5. The number of aromatic nitrogens is 1. The van der Waals surface area contributed by atoms with E-state index in [0.717, 1.165) is 25.9 Å². The fraction of sp³-hybridized carbons (Fsp3) is 0.667. The van der Waals surface area contributed by atoms with Crippen molar-refractivity contribution in [3.05, 3.63) is 30.1 Å². The summed E-state index contributed by atoms with van der Waals surface area (Å²) in [7, 11) is 2.06. The molecule has 1 aliphatic rings. The van der Waals surface area contributed by atoms with Gasteiger partial charge in [0.25, 0.3) is 5.91 Å². The molecule has 6 heteroatoms. The standard InChI is InChI=1S/C18H29N3O3/c1-13(2)20-18(23)17-16(22)7-6-15(24-17)8-10-21(3)12-14-5-4-9-19-11-14/h4-5,9,11,13,15-17,22H,6-8,10,12H2,1-3H3,(H,20,23)/t15-,16-,17-/m0/s1. The summed E-state index contributed by atoms with van der Waals surface area (Å²) in [5.74, 6) is -0.217. The minimum absolute atomic E-state index is 0.00709. The monoisotopic (exact) mass is 335 g/mol. The molecule has 24 heavy (non-hydrogen) atoms. The number of hydrogen-bond acceptors (Lipinski definition) is 5. The lowest BCUT2D eigenvalue weighted by molar-refractivity contribution is -0.159. The van der Waals surface area contributed by atoms with Crippen molar-refractivity contribution in [2.75, 3.05) is 13.6 Å². The normalized spacial score (nSPS) is 24.3. The van der Waals surface area contributed by atoms with E-state index in [-0.39, 0.29) is 18.1 Å². The van der Waals surface area contributed by atoms with Crippen LogP contribution in [-0.4, -0.2) is 58.8 Å². The zero-order chi connectivity index (χ0) is 17.5. The molecular weight excluding hydrogens is 306 g/mol. The lowest BCUT2D eigenvalue weighted by Crippen LogP contribution is -2.50. The van der Waals surface area contributed by atoms with Crippen molar-refractivity contribution in [1.82, 2.24) is 15.2 Å². The molecule has 0 unspecified atom stereocenters. The molecular formula is C18H29N3O3. The van der Waals surface area contributed by atoms with Crippen LogP contribution in [-0.2, 0) is 16.1 Å². The first-order valence-corrected chi connectivity index (χ1v) is 8.67. The fourth-order valence-corrected chi connectivity index (χ4v) is 2.94. The van der Waals surface area contributed by atoms with E-state index in [9.17, 15) is 9.90 Å². The Hall–Kier alpha value is -1.50. The van der Waals surface area contributed by atoms with Gasteiger partial charge in [-0.25, -0.2) is 0 Å². The molecule has 1 aromatic rings. The molecule has 2 heterocycles. The Kier molecular flexibility index (Phi) is 7.15. The van der Waals surface area contributed by atoms with Crippen molar-refractivity contribution in [2.24, 2.45) is 0 Å². The van der Waals surface area contributed by atoms with Gasteiger partial charge in [0.1, 0.15) is 0 Å². The molecule has 2 rings (SSSR count). The summed E-state index contributed by atoms with van der Waals surface area (Å²) in [6.45, 7) is 5.50. The highest BCUT2D eigenvalue weighted by atomic mass is 16.5. The van der Waals surface area contributed by atoms with Gasteiger partial charge < -0.3 is 20.1 Å². The highest BCUT2D eigenvalue weighted by molar-refractivity contribution is 5.81. The second-order valence-electron chi connectivity index (χ2n) is 6.87. The number of nitrogens with one attached hydrogen (secondary N) is 1. The quantitative estimate of drug-likeness (QED) is 0.786. The van der Waals surface area contributed by atoms with Crippen molar-refractivity contribution >= 4 is 5.91 Å². The number of nitrogens with zero attached hydrogens (tertiary/aromatic N) is 2. The van der Waals surface area contributed by atoms with Crippen molar-refractivity contribution in [3.63, 3.8) is 0 Å². The van der Waals surface area contributed by atoms with Crippen molar-refractivity contribution < 1.29 is 14.6 Å². The van der Waals surface area contributed by atoms with E-state index in [1.165, 1.54) is 5.56 Å². The van der Waals surface area contributed by atoms with E-state index in [1.54, 1.807) is 6.20 Å². The van der Waals surface area contributed by atoms with Crippen molar-refractivity contribution in [1.29, 1.82) is 0 Å². The van der Waals surface area contributed by atoms with E-state index >= 15 is 0 Å². The number of carbonyl (C=O) groups excluding carboxylic acids is 1. The molecule has 0 bridgehead atoms. The lowest BCUT2D eigenvalue weighted by Gasteiger charge is -2.34. The van der Waals surface area contributed by atoms with Crippen LogP contribution in [0.25, 0.3) is 0 Å². The maximum atomic E-state index is 12.1. The Morgan fingerprint density at radius 2 is 2.29 bits per heavy atom. The number of carbonyl (C=O) groups is 1. The number of aliphatic hydroxyl groups is 1. The number of pyridine rings is 1. The van der Waals surface area contributed by atoms with Crippen molar-refractivity contribution in [3.8, 4) is 0 Å². The molecule has 0 radical (unpaired) electrons. The summed E-state index contributed by atoms with van der Waals surface area (Å²) in [6, 6.07) is 4.04. The maximum absolute atomic E-state index is 12.1. The van der Waals surface area contributed by atoms with Gasteiger partial charge in [-0.1, -0.05) is 6.07 Å². The van der Waals surface area contributed by atoms with Gasteiger partial charge in [0.15, 0.2) is 6.10 Å². The summed E-state index contributed by atoms with van der Waals surface area (Å²) < 4.78 is 5.86. The van der Waals surface area contributed by atoms with Gasteiger partial charge in [-0.2, -0.15) is 0 Å². The Morgan fingerprint density at radius 3 is 2.96 bits per heavy atom. The number of ether oxygens (including phenoxy) is 1. The first-order valence-electron chi connectivity index (χ1n) is 8.67. The first-order chi connectivity index (χ1) is 11.5. The van der Waals surface area contributed by atoms with E-state index in [2.05, 4.69) is 28.3 Å². The molecule has 6 nitrogen and oxygen atoms in total. The molecule has 1 saturated heterocycles. The van der Waals surface area contributed by atoms with Gasteiger partial charge in [-0.15, -0.1) is 0 Å². The third-order valence-electron chi connectivity index (χ3n) is 4.17. The molecule has 0 aliphatic carbocycles. The van der Waals surface area contributed by atoms with Gasteiger partial charge in [0.05, 0.1) is 12.2 Å². The summed E-state index contributed by atoms with van der Waals surface area (Å²) >= 11 is 0. The highest BCUT2D eigenvalue weighted by Gasteiger charge is 2.35. The van der Waals surface area contributed by atoms with Crippen LogP contribution in [0.1, 0.15) is 38.7 Å². The Labute approximate surface area is 144 Å². The van der Waals surface area contributed by atoms with Gasteiger partial charge in [-0.3, -0.25) is 9.78 Å². The van der Waals surface area contributed by atoms with Crippen LogP contribution in [0, 0.1) is 0 Å². The number of rotatable bonds is 7. The smallest absolute Gasteiger partial charge is 0.252 e. The largest absolute Gasteiger partial charge is 0.390 e. The SMILES string of the molecule is CC(C)NC(=O)[C@H]1O[C@H](CCN(C)Cc2cccnc2)CC[C@@H]1O. The van der Waals surface area contributed by atoms with E-state index in [0.29, 0.717) is 6.42 Å². The van der Waals surface area contributed by atoms with E-state index in [1.807, 2.05) is 26.1 Å². The van der Waals surface area contributed by atoms with Crippen LogP contribution >= 0.6 is 0 Å². The third-order valence-corrected chi connectivity index (χ3v) is 4.17. The average Bonchev–Trinajstić information content (AvgIpc) is 2.54. The van der Waals surface area contributed by atoms with E-state index < -0.39 is 12.2 Å². The molecule has 1 aromatic heterocycles. The highest BCUT2D eigenvalue weighted by Crippen LogP contribution is 2.22. The van der Waals surface area contributed by atoms with Gasteiger partial charge in [-0.05, 0) is 51.8 Å². The second-order valence-corrected chi connectivity index (χ2v) is 6.87. The minimum atomic E-state index is -0.755. The van der Waals surface area contributed by atoms with Crippen LogP contribution < -0.4 is 5.32 Å². The van der Waals surface area contributed by atoms with Crippen LogP contribution in [0.2, 0.25) is 0 Å². The molecule has 3 atom stereocenters. The molecule has 1 fully saturated rings. The van der Waals surface area contributed by atoms with Gasteiger partial charge in [0, 0.05) is 31.5 Å². The second kappa shape index (κ2) is 9.11. The first kappa shape index (κ1) is 18.8. The number of aliphatic hydroxyl groups excluding tert-OH is 1. The molecule has 0 spiro atoms. The zero-order valence-electron chi connectivity index (χ0n) is 14.8.